The summed E-state index contributed by atoms with van der Waals surface area (Å²) in [4.78, 5) is 12.0. The van der Waals surface area contributed by atoms with Gasteiger partial charge >= 0.3 is 5.97 Å². The van der Waals surface area contributed by atoms with Crippen LogP contribution in [0.15, 0.2) is 54.6 Å². The van der Waals surface area contributed by atoms with Crippen molar-refractivity contribution in [1.82, 2.24) is 0 Å². The summed E-state index contributed by atoms with van der Waals surface area (Å²) in [5.74, 6) is -0.151. The Morgan fingerprint density at radius 2 is 1.36 bits per heavy atom. The highest BCUT2D eigenvalue weighted by Gasteiger charge is 2.09. The molecule has 0 aliphatic carbocycles. The first-order valence-electron chi connectivity index (χ1n) is 13.1. The Hall–Kier alpha value is -2.58. The van der Waals surface area contributed by atoms with Crippen LogP contribution in [0.25, 0.3) is 0 Å². The third kappa shape index (κ3) is 13.5. The summed E-state index contributed by atoms with van der Waals surface area (Å²) in [6, 6.07) is 16.4. The monoisotopic (exact) mass is 518 g/mol. The van der Waals surface area contributed by atoms with Gasteiger partial charge in [0.2, 0.25) is 10.0 Å². The minimum Gasteiger partial charge on any atom is -0.460 e. The molecule has 2 rings (SSSR count). The standard InChI is InChI=1S/C28H42N2O5S/c1-2-34-22-23-35-28(31)25-17-19-26(20-18-25)29-21-13-8-6-4-3-5-7-9-14-24-36(32,33)30-27-15-11-10-12-16-27/h10-12,15-20,29-30H,2-9,13-14,21-24H2,1H3. The molecule has 0 spiro atoms. The molecule has 0 bridgehead atoms. The lowest BCUT2D eigenvalue weighted by Crippen LogP contribution is -2.16. The fraction of sp³-hybridized carbons (Fsp3) is 0.536. The molecule has 2 aromatic rings. The van der Waals surface area contributed by atoms with Gasteiger partial charge in [0.25, 0.3) is 0 Å². The number of nitrogens with one attached hydrogen (secondary N) is 2. The molecule has 0 fully saturated rings. The molecule has 0 saturated heterocycles. The van der Waals surface area contributed by atoms with Crippen molar-refractivity contribution < 1.29 is 22.7 Å². The summed E-state index contributed by atoms with van der Waals surface area (Å²) >= 11 is 0. The summed E-state index contributed by atoms with van der Waals surface area (Å²) in [6.45, 7) is 4.11. The molecule has 200 valence electrons. The lowest BCUT2D eigenvalue weighted by molar-refractivity contribution is 0.0335. The van der Waals surface area contributed by atoms with E-state index in [1.54, 1.807) is 24.3 Å². The van der Waals surface area contributed by atoms with Gasteiger partial charge in [-0.25, -0.2) is 13.2 Å². The van der Waals surface area contributed by atoms with Gasteiger partial charge in [-0.05, 0) is 56.2 Å². The van der Waals surface area contributed by atoms with E-state index in [0.29, 0.717) is 30.9 Å². The molecule has 0 heterocycles. The first kappa shape index (κ1) is 29.6. The van der Waals surface area contributed by atoms with E-state index >= 15 is 0 Å². The van der Waals surface area contributed by atoms with Crippen LogP contribution < -0.4 is 10.0 Å². The summed E-state index contributed by atoms with van der Waals surface area (Å²) < 4.78 is 37.2. The number of ether oxygens (including phenoxy) is 2. The van der Waals surface area contributed by atoms with E-state index in [4.69, 9.17) is 9.47 Å². The molecule has 0 radical (unpaired) electrons. The number of hydrogen-bond donors (Lipinski definition) is 2. The first-order chi connectivity index (χ1) is 17.5. The number of para-hydroxylation sites is 1. The van der Waals surface area contributed by atoms with Crippen molar-refractivity contribution in [2.24, 2.45) is 0 Å². The molecule has 2 aromatic carbocycles. The molecular weight excluding hydrogens is 476 g/mol. The number of sulfonamides is 1. The predicted octanol–water partition coefficient (Wildman–Crippen LogP) is 6.24. The van der Waals surface area contributed by atoms with E-state index in [9.17, 15) is 13.2 Å². The van der Waals surface area contributed by atoms with Gasteiger partial charge in [0.1, 0.15) is 6.61 Å². The SMILES string of the molecule is CCOCCOC(=O)c1ccc(NCCCCCCCCCCCS(=O)(=O)Nc2ccccc2)cc1. The molecule has 0 aliphatic rings. The van der Waals surface area contributed by atoms with Crippen LogP contribution in [0.1, 0.15) is 75.1 Å². The number of esters is 1. The molecule has 0 aromatic heterocycles. The zero-order chi connectivity index (χ0) is 25.9. The third-order valence-electron chi connectivity index (χ3n) is 5.75. The van der Waals surface area contributed by atoms with Crippen molar-refractivity contribution in [1.29, 1.82) is 0 Å². The van der Waals surface area contributed by atoms with Gasteiger partial charge in [0.05, 0.1) is 17.9 Å². The molecule has 0 unspecified atom stereocenters. The normalized spacial score (nSPS) is 11.2. The zero-order valence-electron chi connectivity index (χ0n) is 21.5. The number of benzene rings is 2. The number of unbranched alkanes of at least 4 members (excludes halogenated alkanes) is 8. The van der Waals surface area contributed by atoms with Gasteiger partial charge in [-0.15, -0.1) is 0 Å². The molecule has 0 atom stereocenters. The summed E-state index contributed by atoms with van der Waals surface area (Å²) in [7, 11) is -3.26. The molecule has 8 heteroatoms. The second-order valence-corrected chi connectivity index (χ2v) is 10.6. The summed E-state index contributed by atoms with van der Waals surface area (Å²) in [5, 5.41) is 3.40. The van der Waals surface area contributed by atoms with Crippen LogP contribution in [0.5, 0.6) is 0 Å². The van der Waals surface area contributed by atoms with E-state index in [1.807, 2.05) is 37.3 Å². The first-order valence-corrected chi connectivity index (χ1v) is 14.8. The van der Waals surface area contributed by atoms with E-state index in [2.05, 4.69) is 10.0 Å². The number of carbonyl (C=O) groups is 1. The zero-order valence-corrected chi connectivity index (χ0v) is 22.4. The fourth-order valence-corrected chi connectivity index (χ4v) is 4.95. The summed E-state index contributed by atoms with van der Waals surface area (Å²) in [5.41, 5.74) is 2.17. The predicted molar refractivity (Wildman–Crippen MR) is 147 cm³/mol. The molecule has 0 amide bonds. The van der Waals surface area contributed by atoms with Crippen molar-refractivity contribution in [3.63, 3.8) is 0 Å². The van der Waals surface area contributed by atoms with Gasteiger partial charge in [-0.2, -0.15) is 0 Å². The minimum atomic E-state index is -3.26. The molecule has 0 saturated carbocycles. The topological polar surface area (TPSA) is 93.7 Å². The number of anilines is 2. The molecule has 7 nitrogen and oxygen atoms in total. The number of carbonyl (C=O) groups excluding carboxylic acids is 1. The largest absolute Gasteiger partial charge is 0.460 e. The van der Waals surface area contributed by atoms with Gasteiger partial charge in [0, 0.05) is 24.5 Å². The summed E-state index contributed by atoms with van der Waals surface area (Å²) in [6.07, 6.45) is 9.80. The van der Waals surface area contributed by atoms with Crippen LogP contribution in [0, 0.1) is 0 Å². The quantitative estimate of drug-likeness (QED) is 0.159. The Morgan fingerprint density at radius 1 is 0.750 bits per heavy atom. The van der Waals surface area contributed by atoms with Crippen molar-refractivity contribution >= 4 is 27.4 Å². The maximum atomic E-state index is 12.1. The molecule has 2 N–H and O–H groups in total. The van der Waals surface area contributed by atoms with E-state index < -0.39 is 10.0 Å². The highest BCUT2D eigenvalue weighted by molar-refractivity contribution is 7.92. The average Bonchev–Trinajstić information content (AvgIpc) is 2.88. The number of hydrogen-bond acceptors (Lipinski definition) is 6. The van der Waals surface area contributed by atoms with Crippen molar-refractivity contribution in [2.45, 2.75) is 64.7 Å². The average molecular weight is 519 g/mol. The Balaban J connectivity index is 1.42. The lowest BCUT2D eigenvalue weighted by Gasteiger charge is -2.08. The Labute approximate surface area is 217 Å². The number of rotatable bonds is 20. The van der Waals surface area contributed by atoms with E-state index in [1.165, 1.54) is 25.7 Å². The Morgan fingerprint density at radius 3 is 2.00 bits per heavy atom. The third-order valence-corrected chi connectivity index (χ3v) is 7.12. The maximum absolute atomic E-state index is 12.1. The molecular formula is C28H42N2O5S. The van der Waals surface area contributed by atoms with Crippen LogP contribution in [0.2, 0.25) is 0 Å². The second-order valence-electron chi connectivity index (χ2n) is 8.81. The Kier molecular flexibility index (Phi) is 14.6. The maximum Gasteiger partial charge on any atom is 0.338 e. The van der Waals surface area contributed by atoms with E-state index in [-0.39, 0.29) is 18.3 Å². The van der Waals surface area contributed by atoms with Crippen LogP contribution >= 0.6 is 0 Å². The van der Waals surface area contributed by atoms with E-state index in [0.717, 1.165) is 37.9 Å². The van der Waals surface area contributed by atoms with Gasteiger partial charge in [0.15, 0.2) is 0 Å². The van der Waals surface area contributed by atoms with Gasteiger partial charge < -0.3 is 14.8 Å². The van der Waals surface area contributed by atoms with Crippen LogP contribution in [0.3, 0.4) is 0 Å². The molecule has 0 aliphatic heterocycles. The van der Waals surface area contributed by atoms with Crippen LogP contribution in [0.4, 0.5) is 11.4 Å². The second kappa shape index (κ2) is 17.8. The van der Waals surface area contributed by atoms with Crippen LogP contribution in [-0.2, 0) is 19.5 Å². The Bertz CT molecular complexity index is 950. The van der Waals surface area contributed by atoms with Crippen LogP contribution in [-0.4, -0.2) is 46.5 Å². The van der Waals surface area contributed by atoms with Crippen molar-refractivity contribution in [3.8, 4) is 0 Å². The van der Waals surface area contributed by atoms with Gasteiger partial charge in [-0.1, -0.05) is 63.1 Å². The fourth-order valence-electron chi connectivity index (χ4n) is 3.77. The lowest BCUT2D eigenvalue weighted by atomic mass is 10.1. The smallest absolute Gasteiger partial charge is 0.338 e. The highest BCUT2D eigenvalue weighted by Crippen LogP contribution is 2.14. The minimum absolute atomic E-state index is 0.177. The van der Waals surface area contributed by atoms with Crippen molar-refractivity contribution in [2.75, 3.05) is 42.2 Å². The van der Waals surface area contributed by atoms with Crippen molar-refractivity contribution in [3.05, 3.63) is 60.2 Å². The highest BCUT2D eigenvalue weighted by atomic mass is 32.2. The molecule has 36 heavy (non-hydrogen) atoms. The van der Waals surface area contributed by atoms with Gasteiger partial charge in [-0.3, -0.25) is 4.72 Å².